The van der Waals surface area contributed by atoms with Gasteiger partial charge in [0, 0.05) is 36.8 Å². The van der Waals surface area contributed by atoms with Crippen molar-refractivity contribution in [2.24, 2.45) is 7.05 Å². The van der Waals surface area contributed by atoms with Gasteiger partial charge in [0.2, 0.25) is 0 Å². The summed E-state index contributed by atoms with van der Waals surface area (Å²) < 4.78 is 36.7. The third-order valence-electron chi connectivity index (χ3n) is 6.32. The largest absolute Gasteiger partial charge is 0.487 e. The lowest BCUT2D eigenvalue weighted by atomic mass is 9.88. The van der Waals surface area contributed by atoms with E-state index in [4.69, 9.17) is 21.1 Å². The number of hydrogen-bond donors (Lipinski definition) is 2. The van der Waals surface area contributed by atoms with Crippen LogP contribution >= 0.6 is 22.4 Å². The summed E-state index contributed by atoms with van der Waals surface area (Å²) in [7, 11) is -1.70. The van der Waals surface area contributed by atoms with Crippen molar-refractivity contribution >= 4 is 28.3 Å². The van der Waals surface area contributed by atoms with Crippen LogP contribution in [0.3, 0.4) is 0 Å². The van der Waals surface area contributed by atoms with Crippen LogP contribution in [-0.2, 0) is 23.1 Å². The van der Waals surface area contributed by atoms with Crippen LogP contribution in [0.4, 0.5) is 0 Å². The van der Waals surface area contributed by atoms with E-state index in [1.807, 2.05) is 19.1 Å². The molecule has 1 unspecified atom stereocenters. The van der Waals surface area contributed by atoms with Gasteiger partial charge in [0.1, 0.15) is 16.7 Å². The molecule has 1 aliphatic rings. The quantitative estimate of drug-likeness (QED) is 0.381. The molecule has 2 aromatic carbocycles. The van der Waals surface area contributed by atoms with Crippen LogP contribution in [0.25, 0.3) is 0 Å². The molecular formula is C27H31ClN2O6S. The molecule has 0 amide bonds. The zero-order valence-corrected chi connectivity index (χ0v) is 22.5. The van der Waals surface area contributed by atoms with E-state index in [0.29, 0.717) is 26.8 Å². The smallest absolute Gasteiger partial charge is 0.306 e. The number of carbonyl (C=O) groups is 1. The van der Waals surface area contributed by atoms with Gasteiger partial charge in [0.05, 0.1) is 19.6 Å². The Hall–Kier alpha value is -2.82. The Morgan fingerprint density at radius 1 is 1.19 bits per heavy atom. The molecule has 0 saturated heterocycles. The molecule has 0 bridgehead atoms. The van der Waals surface area contributed by atoms with Crippen LogP contribution in [0.5, 0.6) is 5.75 Å². The van der Waals surface area contributed by atoms with Gasteiger partial charge in [0.15, 0.2) is 0 Å². The zero-order chi connectivity index (χ0) is 26.7. The van der Waals surface area contributed by atoms with Crippen LogP contribution in [0.1, 0.15) is 42.9 Å². The summed E-state index contributed by atoms with van der Waals surface area (Å²) in [6, 6.07) is 15.6. The molecule has 4 rings (SSSR count). The van der Waals surface area contributed by atoms with Crippen molar-refractivity contribution in [3.05, 3.63) is 92.9 Å². The summed E-state index contributed by atoms with van der Waals surface area (Å²) in [5.41, 5.74) is 1.91. The van der Waals surface area contributed by atoms with Gasteiger partial charge in [-0.15, -0.1) is 10.8 Å². The molecule has 3 aromatic rings. The zero-order valence-electron chi connectivity index (χ0n) is 21.0. The minimum Gasteiger partial charge on any atom is -0.487 e. The predicted molar refractivity (Wildman–Crippen MR) is 144 cm³/mol. The molecule has 0 fully saturated rings. The van der Waals surface area contributed by atoms with Crippen molar-refractivity contribution in [2.45, 2.75) is 43.7 Å². The Balaban J connectivity index is 1.72. The van der Waals surface area contributed by atoms with Gasteiger partial charge in [0.25, 0.3) is 5.56 Å². The second-order valence-corrected chi connectivity index (χ2v) is 11.4. The summed E-state index contributed by atoms with van der Waals surface area (Å²) in [5.74, 6) is -0.386. The lowest BCUT2D eigenvalue weighted by Crippen LogP contribution is -2.33. The molecule has 0 aliphatic carbocycles. The third kappa shape index (κ3) is 6.02. The minimum absolute atomic E-state index is 0.0409. The monoisotopic (exact) mass is 546 g/mol. The average Bonchev–Trinajstić information content (AvgIpc) is 2.94. The first-order chi connectivity index (χ1) is 17.6. The predicted octanol–water partition coefficient (Wildman–Crippen LogP) is 5.43. The number of benzene rings is 2. The van der Waals surface area contributed by atoms with E-state index in [1.165, 1.54) is 10.6 Å². The Bertz CT molecular complexity index is 1340. The summed E-state index contributed by atoms with van der Waals surface area (Å²) in [6.07, 6.45) is 1.41. The number of fused-ring (bicyclic) bond motifs is 1. The number of carbonyl (C=O) groups excluding carboxylic acids is 1. The van der Waals surface area contributed by atoms with E-state index in [0.717, 1.165) is 5.56 Å². The molecule has 0 spiro atoms. The van der Waals surface area contributed by atoms with Crippen molar-refractivity contribution in [1.82, 2.24) is 8.87 Å². The first-order valence-corrected chi connectivity index (χ1v) is 13.9. The Morgan fingerprint density at radius 3 is 2.65 bits per heavy atom. The highest BCUT2D eigenvalue weighted by molar-refractivity contribution is 8.22. The van der Waals surface area contributed by atoms with Crippen molar-refractivity contribution in [3.8, 4) is 5.75 Å². The van der Waals surface area contributed by atoms with Gasteiger partial charge in [-0.05, 0) is 54.8 Å². The summed E-state index contributed by atoms with van der Waals surface area (Å²) in [5, 5.41) is 0.448. The molecule has 0 radical (unpaired) electrons. The summed E-state index contributed by atoms with van der Waals surface area (Å²) >= 11 is 6.58. The lowest BCUT2D eigenvalue weighted by molar-refractivity contribution is -0.143. The normalized spacial score (nSPS) is 18.7. The van der Waals surface area contributed by atoms with E-state index in [2.05, 4.69) is 0 Å². The van der Waals surface area contributed by atoms with Crippen LogP contribution in [0.2, 0.25) is 5.02 Å². The molecule has 37 heavy (non-hydrogen) atoms. The van der Waals surface area contributed by atoms with Gasteiger partial charge >= 0.3 is 5.97 Å². The van der Waals surface area contributed by atoms with Crippen molar-refractivity contribution in [3.63, 3.8) is 0 Å². The number of nitrogens with zero attached hydrogens (tertiary/aromatic N) is 2. The van der Waals surface area contributed by atoms with E-state index in [-0.39, 0.29) is 43.7 Å². The van der Waals surface area contributed by atoms with Crippen molar-refractivity contribution in [1.29, 1.82) is 0 Å². The highest BCUT2D eigenvalue weighted by atomic mass is 35.5. The van der Waals surface area contributed by atoms with E-state index in [1.54, 1.807) is 60.9 Å². The number of pyridine rings is 1. The van der Waals surface area contributed by atoms with E-state index >= 15 is 0 Å². The number of aromatic nitrogens is 1. The fourth-order valence-corrected chi connectivity index (χ4v) is 6.27. The SMILES string of the molecule is CCOC(=O)CC(c1ccc(Cl)c(CN2C[C@@H](C)Oc3ccccc3S2(O)O)c1)c1ccn(C)c(=O)c1. The highest BCUT2D eigenvalue weighted by Gasteiger charge is 2.34. The van der Waals surface area contributed by atoms with E-state index in [9.17, 15) is 18.7 Å². The van der Waals surface area contributed by atoms with E-state index < -0.39 is 16.7 Å². The fraction of sp³-hybridized carbons (Fsp3) is 0.333. The number of hydrogen-bond acceptors (Lipinski definition) is 7. The summed E-state index contributed by atoms with van der Waals surface area (Å²) in [4.78, 5) is 25.2. The number of rotatable bonds is 7. The molecular weight excluding hydrogens is 516 g/mol. The number of aryl methyl sites for hydroxylation is 1. The first-order valence-electron chi connectivity index (χ1n) is 12.0. The Labute approximate surface area is 222 Å². The molecule has 1 aliphatic heterocycles. The molecule has 2 atom stereocenters. The maximum absolute atomic E-state index is 12.5. The first kappa shape index (κ1) is 27.2. The molecule has 8 nitrogen and oxygen atoms in total. The number of para-hydroxylation sites is 1. The topological polar surface area (TPSA) is 101 Å². The Morgan fingerprint density at radius 2 is 1.92 bits per heavy atom. The van der Waals surface area contributed by atoms with Gasteiger partial charge in [-0.2, -0.15) is 4.31 Å². The van der Waals surface area contributed by atoms with Gasteiger partial charge < -0.3 is 14.0 Å². The lowest BCUT2D eigenvalue weighted by Gasteiger charge is -2.41. The number of halogens is 1. The maximum atomic E-state index is 12.5. The minimum atomic E-state index is -3.36. The maximum Gasteiger partial charge on any atom is 0.306 e. The van der Waals surface area contributed by atoms with Gasteiger partial charge in [-0.1, -0.05) is 35.9 Å². The van der Waals surface area contributed by atoms with Crippen LogP contribution in [0, 0.1) is 0 Å². The van der Waals surface area contributed by atoms with Gasteiger partial charge in [-0.25, -0.2) is 0 Å². The third-order valence-corrected chi connectivity index (χ3v) is 8.61. The molecule has 1 aromatic heterocycles. The van der Waals surface area contributed by atoms with Crippen molar-refractivity contribution in [2.75, 3.05) is 13.2 Å². The molecule has 0 saturated carbocycles. The average molecular weight is 547 g/mol. The number of ether oxygens (including phenoxy) is 2. The molecule has 2 N–H and O–H groups in total. The van der Waals surface area contributed by atoms with Crippen LogP contribution in [-0.4, -0.2) is 43.2 Å². The van der Waals surface area contributed by atoms with Gasteiger partial charge in [-0.3, -0.25) is 18.7 Å². The molecule has 10 heteroatoms. The second kappa shape index (κ2) is 11.3. The van der Waals surface area contributed by atoms with Crippen molar-refractivity contribution < 1.29 is 23.4 Å². The highest BCUT2D eigenvalue weighted by Crippen LogP contribution is 2.57. The summed E-state index contributed by atoms with van der Waals surface area (Å²) in [6.45, 7) is 4.27. The van der Waals surface area contributed by atoms with Crippen LogP contribution < -0.4 is 10.3 Å². The standard InChI is InChI=1S/C27H31ClN2O6S/c1-4-35-27(32)15-22(20-11-12-29(3)26(31)14-20)19-9-10-23(28)21(13-19)17-30-16-18(2)36-24-7-5-6-8-25(24)37(30,33)34/h5-14,18,22,33-34H,4,15-17H2,1-3H3/t18-,22?/m1/s1. The molecule has 198 valence electrons. The Kier molecular flexibility index (Phi) is 8.30. The second-order valence-electron chi connectivity index (χ2n) is 9.04. The van der Waals surface area contributed by atoms with Crippen LogP contribution in [0.15, 0.2) is 70.5 Å². The fourth-order valence-electron chi connectivity index (χ4n) is 4.43. The molecule has 2 heterocycles. The number of esters is 1.